The SMILES string of the molecule is CC1c2c([nH]c3nnc(-c4ccccc4O)cc23)CCN1c1ccnc(Br)c1. The molecule has 0 saturated heterocycles. The highest BCUT2D eigenvalue weighted by Gasteiger charge is 2.29. The minimum absolute atomic E-state index is 0.174. The van der Waals surface area contributed by atoms with Gasteiger partial charge in [-0.1, -0.05) is 12.1 Å². The summed E-state index contributed by atoms with van der Waals surface area (Å²) in [5.74, 6) is 0.205. The maximum Gasteiger partial charge on any atom is 0.160 e. The Morgan fingerprint density at radius 3 is 2.86 bits per heavy atom. The summed E-state index contributed by atoms with van der Waals surface area (Å²) in [5.41, 5.74) is 5.72. The van der Waals surface area contributed by atoms with E-state index in [1.54, 1.807) is 12.1 Å². The molecule has 0 spiro atoms. The van der Waals surface area contributed by atoms with Gasteiger partial charge in [-0.25, -0.2) is 4.98 Å². The average molecular weight is 436 g/mol. The lowest BCUT2D eigenvalue weighted by molar-refractivity contribution is 0.477. The Bertz CT molecular complexity index is 1190. The van der Waals surface area contributed by atoms with Crippen LogP contribution in [0.2, 0.25) is 0 Å². The molecule has 3 aromatic heterocycles. The largest absolute Gasteiger partial charge is 0.507 e. The summed E-state index contributed by atoms with van der Waals surface area (Å²) in [6.07, 6.45) is 2.72. The van der Waals surface area contributed by atoms with Crippen molar-refractivity contribution < 1.29 is 5.11 Å². The Balaban J connectivity index is 1.63. The highest BCUT2D eigenvalue weighted by atomic mass is 79.9. The van der Waals surface area contributed by atoms with Crippen molar-refractivity contribution in [2.45, 2.75) is 19.4 Å². The van der Waals surface area contributed by atoms with Gasteiger partial charge < -0.3 is 15.0 Å². The van der Waals surface area contributed by atoms with Crippen LogP contribution in [0.15, 0.2) is 53.3 Å². The molecule has 7 heteroatoms. The van der Waals surface area contributed by atoms with E-state index in [4.69, 9.17) is 0 Å². The van der Waals surface area contributed by atoms with Crippen LogP contribution in [0.3, 0.4) is 0 Å². The van der Waals surface area contributed by atoms with Crippen molar-refractivity contribution in [3.05, 3.63) is 64.5 Å². The second-order valence-electron chi connectivity index (χ2n) is 6.98. The van der Waals surface area contributed by atoms with Crippen molar-refractivity contribution in [3.63, 3.8) is 0 Å². The van der Waals surface area contributed by atoms with Gasteiger partial charge in [0.15, 0.2) is 5.65 Å². The summed E-state index contributed by atoms with van der Waals surface area (Å²) < 4.78 is 0.828. The lowest BCUT2D eigenvalue weighted by Gasteiger charge is -2.35. The predicted octanol–water partition coefficient (Wildman–Crippen LogP) is 4.61. The maximum absolute atomic E-state index is 10.2. The third-order valence-electron chi connectivity index (χ3n) is 5.39. The number of pyridine rings is 1. The number of hydrogen-bond donors (Lipinski definition) is 2. The molecule has 28 heavy (non-hydrogen) atoms. The Morgan fingerprint density at radius 2 is 2.04 bits per heavy atom. The van der Waals surface area contributed by atoms with Gasteiger partial charge in [0.1, 0.15) is 10.4 Å². The number of aromatic amines is 1. The second-order valence-corrected chi connectivity index (χ2v) is 7.79. The fourth-order valence-electron chi connectivity index (χ4n) is 4.06. The van der Waals surface area contributed by atoms with Gasteiger partial charge in [0.05, 0.1) is 11.7 Å². The van der Waals surface area contributed by atoms with E-state index in [-0.39, 0.29) is 11.8 Å². The number of phenolic OH excluding ortho intramolecular Hbond substituents is 1. The molecule has 1 unspecified atom stereocenters. The number of rotatable bonds is 2. The first kappa shape index (κ1) is 17.2. The van der Waals surface area contributed by atoms with Crippen molar-refractivity contribution >= 4 is 32.7 Å². The molecule has 1 aromatic carbocycles. The van der Waals surface area contributed by atoms with E-state index in [1.165, 1.54) is 11.3 Å². The number of aromatic nitrogens is 4. The fourth-order valence-corrected chi connectivity index (χ4v) is 4.42. The Kier molecular flexibility index (Phi) is 4.05. The summed E-state index contributed by atoms with van der Waals surface area (Å²) in [7, 11) is 0. The van der Waals surface area contributed by atoms with E-state index < -0.39 is 0 Å². The van der Waals surface area contributed by atoms with Crippen LogP contribution in [0, 0.1) is 0 Å². The smallest absolute Gasteiger partial charge is 0.160 e. The Morgan fingerprint density at radius 1 is 1.18 bits per heavy atom. The normalized spacial score (nSPS) is 16.4. The molecule has 140 valence electrons. The Labute approximate surface area is 170 Å². The average Bonchev–Trinajstić information content (AvgIpc) is 3.07. The summed E-state index contributed by atoms with van der Waals surface area (Å²) in [4.78, 5) is 10.1. The third-order valence-corrected chi connectivity index (χ3v) is 5.82. The quantitative estimate of drug-likeness (QED) is 0.449. The molecule has 0 amide bonds. The standard InChI is InChI=1S/C21H18BrN5O/c1-12-20-15-11-17(14-4-2-3-5-18(14)28)25-26-21(15)24-16(20)7-9-27(12)13-6-8-23-19(22)10-13/h2-6,8,10-12,28H,7,9H2,1H3,(H,24,26). The van der Waals surface area contributed by atoms with Crippen LogP contribution in [-0.2, 0) is 6.42 Å². The van der Waals surface area contributed by atoms with E-state index in [0.29, 0.717) is 11.3 Å². The van der Waals surface area contributed by atoms with E-state index in [1.807, 2.05) is 36.5 Å². The number of H-pyrrole nitrogens is 1. The summed E-state index contributed by atoms with van der Waals surface area (Å²) in [5, 5.41) is 20.0. The van der Waals surface area contributed by atoms with E-state index in [9.17, 15) is 5.11 Å². The molecule has 0 bridgehead atoms. The first-order valence-electron chi connectivity index (χ1n) is 9.16. The van der Waals surface area contributed by atoms with E-state index >= 15 is 0 Å². The van der Waals surface area contributed by atoms with Gasteiger partial charge >= 0.3 is 0 Å². The minimum Gasteiger partial charge on any atom is -0.507 e. The predicted molar refractivity (Wildman–Crippen MR) is 112 cm³/mol. The van der Waals surface area contributed by atoms with Gasteiger partial charge in [0, 0.05) is 47.1 Å². The number of hydrogen-bond acceptors (Lipinski definition) is 5. The summed E-state index contributed by atoms with van der Waals surface area (Å²) in [6.45, 7) is 3.12. The molecule has 4 heterocycles. The lowest BCUT2D eigenvalue weighted by atomic mass is 9.96. The number of benzene rings is 1. The van der Waals surface area contributed by atoms with Crippen LogP contribution >= 0.6 is 15.9 Å². The van der Waals surface area contributed by atoms with Gasteiger partial charge in [-0.3, -0.25) is 0 Å². The molecule has 0 radical (unpaired) electrons. The van der Waals surface area contributed by atoms with Gasteiger partial charge in [0.2, 0.25) is 0 Å². The molecule has 0 saturated carbocycles. The molecule has 1 aliphatic heterocycles. The number of para-hydroxylation sites is 1. The number of nitrogens with one attached hydrogen (secondary N) is 1. The first-order chi connectivity index (χ1) is 13.6. The van der Waals surface area contributed by atoms with Crippen LogP contribution < -0.4 is 4.90 Å². The van der Waals surface area contributed by atoms with E-state index in [2.05, 4.69) is 47.9 Å². The number of halogens is 1. The van der Waals surface area contributed by atoms with Crippen molar-refractivity contribution in [1.29, 1.82) is 0 Å². The zero-order chi connectivity index (χ0) is 19.3. The molecular formula is C21H18BrN5O. The number of nitrogens with zero attached hydrogens (tertiary/aromatic N) is 4. The van der Waals surface area contributed by atoms with Gasteiger partial charge in [-0.15, -0.1) is 10.2 Å². The van der Waals surface area contributed by atoms with Gasteiger partial charge in [0.25, 0.3) is 0 Å². The molecule has 1 aliphatic rings. The molecule has 4 aromatic rings. The molecule has 0 fully saturated rings. The monoisotopic (exact) mass is 435 g/mol. The fraction of sp³-hybridized carbons (Fsp3) is 0.190. The zero-order valence-electron chi connectivity index (χ0n) is 15.2. The molecule has 6 nitrogen and oxygen atoms in total. The molecule has 1 atom stereocenters. The van der Waals surface area contributed by atoms with E-state index in [0.717, 1.165) is 34.3 Å². The lowest BCUT2D eigenvalue weighted by Crippen LogP contribution is -2.33. The minimum atomic E-state index is 0.174. The van der Waals surface area contributed by atoms with Crippen LogP contribution in [0.4, 0.5) is 5.69 Å². The Hall–Kier alpha value is -2.93. The summed E-state index contributed by atoms with van der Waals surface area (Å²) >= 11 is 3.47. The van der Waals surface area contributed by atoms with Crippen molar-refractivity contribution in [3.8, 4) is 17.0 Å². The van der Waals surface area contributed by atoms with Crippen LogP contribution in [0.1, 0.15) is 24.2 Å². The third kappa shape index (κ3) is 2.74. The van der Waals surface area contributed by atoms with Gasteiger partial charge in [-0.2, -0.15) is 0 Å². The molecule has 0 aliphatic carbocycles. The number of aromatic hydroxyl groups is 1. The molecule has 5 rings (SSSR count). The van der Waals surface area contributed by atoms with Gasteiger partial charge in [-0.05, 0) is 53.2 Å². The van der Waals surface area contributed by atoms with Crippen molar-refractivity contribution in [2.24, 2.45) is 0 Å². The highest BCUT2D eigenvalue weighted by Crippen LogP contribution is 2.39. The number of fused-ring (bicyclic) bond motifs is 3. The summed E-state index contributed by atoms with van der Waals surface area (Å²) in [6, 6.07) is 13.5. The first-order valence-corrected chi connectivity index (χ1v) is 9.96. The highest BCUT2D eigenvalue weighted by molar-refractivity contribution is 9.10. The molecular weight excluding hydrogens is 418 g/mol. The number of anilines is 1. The van der Waals surface area contributed by atoms with Crippen molar-refractivity contribution in [1.82, 2.24) is 20.2 Å². The zero-order valence-corrected chi connectivity index (χ0v) is 16.8. The van der Waals surface area contributed by atoms with Crippen molar-refractivity contribution in [2.75, 3.05) is 11.4 Å². The molecule has 2 N–H and O–H groups in total. The van der Waals surface area contributed by atoms with Crippen LogP contribution in [-0.4, -0.2) is 31.8 Å². The number of phenols is 1. The van der Waals surface area contributed by atoms with Crippen LogP contribution in [0.25, 0.3) is 22.3 Å². The van der Waals surface area contributed by atoms with Crippen LogP contribution in [0.5, 0.6) is 5.75 Å². The second kappa shape index (κ2) is 6.60. The topological polar surface area (TPSA) is 77.9 Å². The maximum atomic E-state index is 10.2.